The second-order valence-electron chi connectivity index (χ2n) is 3.52. The second kappa shape index (κ2) is 8.41. The zero-order chi connectivity index (χ0) is 14.1. The predicted octanol–water partition coefficient (Wildman–Crippen LogP) is 0.921. The standard InChI is InChI=1S/C12H18N2O5/c1-4-8-18-10-5-7-14(12(15)13-10)11(16-2)6-9-19-17-3/h4-5,7,11H,1,6,8-9H2,2-3H3. The molecule has 7 nitrogen and oxygen atoms in total. The topological polar surface area (TPSA) is 71.8 Å². The van der Waals surface area contributed by atoms with Crippen molar-refractivity contribution in [2.45, 2.75) is 12.6 Å². The SMILES string of the molecule is C=CCOc1ccn(C(CCOOC)OC)c(=O)n1. The molecule has 0 amide bonds. The fourth-order valence-corrected chi connectivity index (χ4v) is 1.44. The summed E-state index contributed by atoms with van der Waals surface area (Å²) in [5, 5.41) is 0. The van der Waals surface area contributed by atoms with E-state index >= 15 is 0 Å². The van der Waals surface area contributed by atoms with Crippen LogP contribution in [0, 0.1) is 0 Å². The zero-order valence-electron chi connectivity index (χ0n) is 11.1. The minimum absolute atomic E-state index is 0.254. The average molecular weight is 270 g/mol. The van der Waals surface area contributed by atoms with Gasteiger partial charge in [-0.15, -0.1) is 0 Å². The Morgan fingerprint density at radius 1 is 1.53 bits per heavy atom. The Morgan fingerprint density at radius 2 is 2.32 bits per heavy atom. The zero-order valence-corrected chi connectivity index (χ0v) is 11.1. The summed E-state index contributed by atoms with van der Waals surface area (Å²) in [6.45, 7) is 4.12. The first kappa shape index (κ1) is 15.4. The van der Waals surface area contributed by atoms with Crippen LogP contribution in [0.3, 0.4) is 0 Å². The molecular formula is C12H18N2O5. The van der Waals surface area contributed by atoms with Crippen molar-refractivity contribution in [3.63, 3.8) is 0 Å². The number of ether oxygens (including phenoxy) is 2. The van der Waals surface area contributed by atoms with Gasteiger partial charge in [0, 0.05) is 25.8 Å². The van der Waals surface area contributed by atoms with Gasteiger partial charge in [0.25, 0.3) is 0 Å². The molecular weight excluding hydrogens is 252 g/mol. The van der Waals surface area contributed by atoms with Crippen LogP contribution < -0.4 is 10.4 Å². The van der Waals surface area contributed by atoms with E-state index in [2.05, 4.69) is 16.5 Å². The number of hydrogen-bond donors (Lipinski definition) is 0. The van der Waals surface area contributed by atoms with Gasteiger partial charge in [-0.2, -0.15) is 4.98 Å². The maximum Gasteiger partial charge on any atom is 0.352 e. The molecule has 1 rings (SSSR count). The van der Waals surface area contributed by atoms with E-state index in [-0.39, 0.29) is 5.88 Å². The first-order chi connectivity index (χ1) is 9.22. The highest BCUT2D eigenvalue weighted by molar-refractivity contribution is 5.06. The molecule has 1 atom stereocenters. The van der Waals surface area contributed by atoms with Crippen LogP contribution in [0.15, 0.2) is 29.7 Å². The molecule has 0 bridgehead atoms. The molecule has 1 heterocycles. The van der Waals surface area contributed by atoms with Gasteiger partial charge < -0.3 is 9.47 Å². The predicted molar refractivity (Wildman–Crippen MR) is 67.8 cm³/mol. The van der Waals surface area contributed by atoms with Crippen LogP contribution in [0.5, 0.6) is 5.88 Å². The van der Waals surface area contributed by atoms with Crippen molar-refractivity contribution in [1.82, 2.24) is 9.55 Å². The van der Waals surface area contributed by atoms with Gasteiger partial charge in [-0.1, -0.05) is 12.7 Å². The summed E-state index contributed by atoms with van der Waals surface area (Å²) in [6.07, 6.45) is 3.13. The minimum Gasteiger partial charge on any atom is -0.473 e. The molecule has 7 heteroatoms. The molecule has 0 radical (unpaired) electrons. The third kappa shape index (κ3) is 4.82. The Bertz CT molecular complexity index is 446. The van der Waals surface area contributed by atoms with Crippen molar-refractivity contribution in [3.05, 3.63) is 35.4 Å². The summed E-state index contributed by atoms with van der Waals surface area (Å²) >= 11 is 0. The van der Waals surface area contributed by atoms with E-state index in [1.54, 1.807) is 18.3 Å². The van der Waals surface area contributed by atoms with E-state index in [4.69, 9.17) is 14.4 Å². The largest absolute Gasteiger partial charge is 0.473 e. The van der Waals surface area contributed by atoms with Crippen molar-refractivity contribution < 1.29 is 19.2 Å². The molecule has 0 aliphatic heterocycles. The summed E-state index contributed by atoms with van der Waals surface area (Å²) in [6, 6.07) is 1.59. The van der Waals surface area contributed by atoms with Gasteiger partial charge in [-0.25, -0.2) is 14.6 Å². The maximum absolute atomic E-state index is 11.8. The third-order valence-electron chi connectivity index (χ3n) is 2.30. The smallest absolute Gasteiger partial charge is 0.352 e. The van der Waals surface area contributed by atoms with Gasteiger partial charge in [-0.05, 0) is 0 Å². The molecule has 0 aliphatic rings. The third-order valence-corrected chi connectivity index (χ3v) is 2.30. The molecule has 0 aromatic carbocycles. The monoisotopic (exact) mass is 270 g/mol. The van der Waals surface area contributed by atoms with E-state index in [0.29, 0.717) is 19.6 Å². The highest BCUT2D eigenvalue weighted by Crippen LogP contribution is 2.11. The van der Waals surface area contributed by atoms with Crippen LogP contribution in [-0.2, 0) is 14.5 Å². The van der Waals surface area contributed by atoms with Gasteiger partial charge in [0.05, 0.1) is 13.7 Å². The molecule has 1 unspecified atom stereocenters. The number of nitrogens with zero attached hydrogens (tertiary/aromatic N) is 2. The summed E-state index contributed by atoms with van der Waals surface area (Å²) in [4.78, 5) is 24.9. The van der Waals surface area contributed by atoms with Crippen LogP contribution >= 0.6 is 0 Å². The summed E-state index contributed by atoms with van der Waals surface area (Å²) in [5.41, 5.74) is -0.453. The van der Waals surface area contributed by atoms with Gasteiger partial charge >= 0.3 is 5.69 Å². The van der Waals surface area contributed by atoms with Crippen molar-refractivity contribution in [3.8, 4) is 5.88 Å². The van der Waals surface area contributed by atoms with Crippen LogP contribution in [0.1, 0.15) is 12.6 Å². The molecule has 0 saturated carbocycles. The molecule has 1 aromatic heterocycles. The van der Waals surface area contributed by atoms with Crippen LogP contribution in [0.4, 0.5) is 0 Å². The van der Waals surface area contributed by atoms with Gasteiger partial charge in [0.1, 0.15) is 12.8 Å². The fourth-order valence-electron chi connectivity index (χ4n) is 1.44. The first-order valence-electron chi connectivity index (χ1n) is 5.74. The molecule has 106 valence electrons. The van der Waals surface area contributed by atoms with Crippen molar-refractivity contribution in [2.75, 3.05) is 27.4 Å². The minimum atomic E-state index is -0.469. The van der Waals surface area contributed by atoms with Gasteiger partial charge in [-0.3, -0.25) is 4.57 Å². The number of rotatable bonds is 9. The quantitative estimate of drug-likeness (QED) is 0.287. The molecule has 0 saturated heterocycles. The van der Waals surface area contributed by atoms with Crippen molar-refractivity contribution >= 4 is 0 Å². The molecule has 0 aliphatic carbocycles. The van der Waals surface area contributed by atoms with Gasteiger partial charge in [0.15, 0.2) is 0 Å². The lowest BCUT2D eigenvalue weighted by Gasteiger charge is -2.17. The molecule has 0 fully saturated rings. The Labute approximate surface area is 111 Å². The lowest BCUT2D eigenvalue weighted by atomic mass is 10.4. The van der Waals surface area contributed by atoms with Crippen molar-refractivity contribution in [2.24, 2.45) is 0 Å². The Balaban J connectivity index is 2.75. The Hall–Kier alpha value is -1.70. The average Bonchev–Trinajstić information content (AvgIpc) is 2.42. The van der Waals surface area contributed by atoms with E-state index in [0.717, 1.165) is 0 Å². The molecule has 0 N–H and O–H groups in total. The summed E-state index contributed by atoms with van der Waals surface area (Å²) in [7, 11) is 2.92. The molecule has 19 heavy (non-hydrogen) atoms. The van der Waals surface area contributed by atoms with E-state index in [1.165, 1.54) is 18.8 Å². The lowest BCUT2D eigenvalue weighted by Crippen LogP contribution is -2.28. The van der Waals surface area contributed by atoms with Crippen molar-refractivity contribution in [1.29, 1.82) is 0 Å². The Kier molecular flexibility index (Phi) is 6.80. The van der Waals surface area contributed by atoms with E-state index < -0.39 is 11.9 Å². The summed E-state index contributed by atoms with van der Waals surface area (Å²) in [5.74, 6) is 0.254. The number of aromatic nitrogens is 2. The van der Waals surface area contributed by atoms with Crippen LogP contribution in [-0.4, -0.2) is 37.0 Å². The maximum atomic E-state index is 11.8. The second-order valence-corrected chi connectivity index (χ2v) is 3.52. The van der Waals surface area contributed by atoms with Gasteiger partial charge in [0.2, 0.25) is 5.88 Å². The van der Waals surface area contributed by atoms with Crippen LogP contribution in [0.2, 0.25) is 0 Å². The highest BCUT2D eigenvalue weighted by atomic mass is 17.2. The Morgan fingerprint density at radius 3 is 2.89 bits per heavy atom. The number of methoxy groups -OCH3 is 1. The molecule has 0 spiro atoms. The van der Waals surface area contributed by atoms with E-state index in [1.807, 2.05) is 0 Å². The van der Waals surface area contributed by atoms with E-state index in [9.17, 15) is 4.79 Å². The fraction of sp³-hybridized carbons (Fsp3) is 0.500. The first-order valence-corrected chi connectivity index (χ1v) is 5.74. The highest BCUT2D eigenvalue weighted by Gasteiger charge is 2.12. The van der Waals surface area contributed by atoms with Crippen LogP contribution in [0.25, 0.3) is 0 Å². The molecule has 1 aromatic rings. The summed E-state index contributed by atoms with van der Waals surface area (Å²) < 4.78 is 11.8. The lowest BCUT2D eigenvalue weighted by molar-refractivity contribution is -0.276. The normalized spacial score (nSPS) is 12.1. The number of hydrogen-bond acceptors (Lipinski definition) is 6.